The number of nitrogens with zero attached hydrogens (tertiary/aromatic N) is 2. The average molecular weight is 446 g/mol. The summed E-state index contributed by atoms with van der Waals surface area (Å²) in [5.74, 6) is 1.26. The molecule has 0 bridgehead atoms. The summed E-state index contributed by atoms with van der Waals surface area (Å²) in [6.07, 6.45) is 4.72. The van der Waals surface area contributed by atoms with Gasteiger partial charge in [0.2, 0.25) is 0 Å². The van der Waals surface area contributed by atoms with Gasteiger partial charge in [0, 0.05) is 15.9 Å². The monoisotopic (exact) mass is 445 g/mol. The van der Waals surface area contributed by atoms with Crippen molar-refractivity contribution in [2.75, 3.05) is 11.9 Å². The van der Waals surface area contributed by atoms with E-state index in [1.165, 1.54) is 10.9 Å². The highest BCUT2D eigenvalue weighted by Gasteiger charge is 2.12. The Hall–Kier alpha value is -2.25. The van der Waals surface area contributed by atoms with Crippen LogP contribution in [0.1, 0.15) is 16.9 Å². The topological polar surface area (TPSA) is 51.0 Å². The number of furan rings is 1. The zero-order valence-corrected chi connectivity index (χ0v) is 17.0. The molecule has 0 spiro atoms. The van der Waals surface area contributed by atoms with E-state index in [2.05, 4.69) is 44.2 Å². The minimum absolute atomic E-state index is 0.176. The number of halogens is 2. The molecule has 0 fully saturated rings. The fourth-order valence-electron chi connectivity index (χ4n) is 2.91. The van der Waals surface area contributed by atoms with Crippen molar-refractivity contribution in [3.8, 4) is 11.4 Å². The molecule has 7 heteroatoms. The number of anilines is 1. The van der Waals surface area contributed by atoms with Crippen molar-refractivity contribution >= 4 is 43.3 Å². The van der Waals surface area contributed by atoms with E-state index < -0.39 is 0 Å². The van der Waals surface area contributed by atoms with E-state index in [0.717, 1.165) is 38.1 Å². The van der Waals surface area contributed by atoms with Crippen LogP contribution in [-0.2, 0) is 6.42 Å². The first-order valence-corrected chi connectivity index (χ1v) is 10.2. The second kappa shape index (κ2) is 7.78. The smallest absolute Gasteiger partial charge is 0.166 e. The third-order valence-electron chi connectivity index (χ3n) is 4.23. The van der Waals surface area contributed by atoms with Crippen molar-refractivity contribution in [1.29, 1.82) is 0 Å². The third-order valence-corrected chi connectivity index (χ3v) is 5.66. The van der Waals surface area contributed by atoms with Crippen molar-refractivity contribution in [2.45, 2.75) is 19.8 Å². The molecule has 0 aliphatic carbocycles. The summed E-state index contributed by atoms with van der Waals surface area (Å²) in [6.45, 7) is 2.76. The van der Waals surface area contributed by atoms with Crippen molar-refractivity contribution in [2.24, 2.45) is 0 Å². The van der Waals surface area contributed by atoms with Crippen molar-refractivity contribution in [3.05, 3.63) is 63.6 Å². The first-order chi connectivity index (χ1) is 13.1. The van der Waals surface area contributed by atoms with E-state index in [-0.39, 0.29) is 5.82 Å². The Bertz CT molecular complexity index is 1080. The predicted molar refractivity (Wildman–Crippen MR) is 111 cm³/mol. The summed E-state index contributed by atoms with van der Waals surface area (Å²) < 4.78 is 19.9. The number of fused-ring (bicyclic) bond motifs is 1. The van der Waals surface area contributed by atoms with E-state index in [0.29, 0.717) is 18.8 Å². The van der Waals surface area contributed by atoms with Gasteiger partial charge < -0.3 is 9.73 Å². The number of rotatable bonds is 6. The van der Waals surface area contributed by atoms with Crippen LogP contribution in [0, 0.1) is 12.7 Å². The standard InChI is InChI=1S/C20H17BrFN3OS/c1-12-9-16-19(23-7-2-3-13-4-5-15(21)10-17(13)22)24-18(25-20(16)27-12)14-6-8-26-11-14/h4-6,8-11H,2-3,7H2,1H3,(H,23,24,25). The lowest BCUT2D eigenvalue weighted by atomic mass is 10.1. The largest absolute Gasteiger partial charge is 0.472 e. The van der Waals surface area contributed by atoms with Gasteiger partial charge >= 0.3 is 0 Å². The number of benzene rings is 1. The minimum Gasteiger partial charge on any atom is -0.472 e. The van der Waals surface area contributed by atoms with Crippen LogP contribution < -0.4 is 5.32 Å². The molecule has 27 heavy (non-hydrogen) atoms. The number of hydrogen-bond donors (Lipinski definition) is 1. The summed E-state index contributed by atoms with van der Waals surface area (Å²) in [5.41, 5.74) is 1.57. The molecule has 0 aliphatic heterocycles. The molecule has 0 radical (unpaired) electrons. The maximum Gasteiger partial charge on any atom is 0.166 e. The molecule has 138 valence electrons. The molecule has 0 saturated carbocycles. The Morgan fingerprint density at radius 2 is 2.11 bits per heavy atom. The Morgan fingerprint density at radius 1 is 1.22 bits per heavy atom. The number of hydrogen-bond acceptors (Lipinski definition) is 5. The minimum atomic E-state index is -0.176. The van der Waals surface area contributed by atoms with E-state index in [9.17, 15) is 4.39 Å². The fourth-order valence-corrected chi connectivity index (χ4v) is 4.12. The Morgan fingerprint density at radius 3 is 2.89 bits per heavy atom. The predicted octanol–water partition coefficient (Wildman–Crippen LogP) is 6.21. The molecule has 4 aromatic rings. The van der Waals surface area contributed by atoms with Gasteiger partial charge in [-0.2, -0.15) is 0 Å². The van der Waals surface area contributed by atoms with Crippen molar-refractivity contribution in [1.82, 2.24) is 9.97 Å². The van der Waals surface area contributed by atoms with Crippen LogP contribution in [0.15, 0.2) is 51.7 Å². The maximum absolute atomic E-state index is 13.9. The average Bonchev–Trinajstić information content (AvgIpc) is 3.28. The molecule has 1 aromatic carbocycles. The summed E-state index contributed by atoms with van der Waals surface area (Å²) in [4.78, 5) is 11.5. The lowest BCUT2D eigenvalue weighted by molar-refractivity contribution is 0.568. The highest BCUT2D eigenvalue weighted by Crippen LogP contribution is 2.31. The molecular formula is C20H17BrFN3OS. The van der Waals surface area contributed by atoms with Crippen LogP contribution in [-0.4, -0.2) is 16.5 Å². The van der Waals surface area contributed by atoms with Gasteiger partial charge in [0.05, 0.1) is 17.2 Å². The quantitative estimate of drug-likeness (QED) is 0.358. The van der Waals surface area contributed by atoms with E-state index in [4.69, 9.17) is 4.42 Å². The Kier molecular flexibility index (Phi) is 5.22. The Labute approximate surface area is 168 Å². The number of aromatic nitrogens is 2. The number of thiophene rings is 1. The fraction of sp³-hybridized carbons (Fsp3) is 0.200. The SMILES string of the molecule is Cc1cc2c(NCCCc3ccc(Br)cc3F)nc(-c3ccoc3)nc2s1. The summed E-state index contributed by atoms with van der Waals surface area (Å²) >= 11 is 4.93. The van der Waals surface area contributed by atoms with Gasteiger partial charge in [-0.15, -0.1) is 11.3 Å². The second-order valence-electron chi connectivity index (χ2n) is 6.25. The van der Waals surface area contributed by atoms with Gasteiger partial charge in [0.25, 0.3) is 0 Å². The van der Waals surface area contributed by atoms with Gasteiger partial charge in [-0.25, -0.2) is 14.4 Å². The first-order valence-electron chi connectivity index (χ1n) is 8.59. The van der Waals surface area contributed by atoms with Crippen LogP contribution in [0.2, 0.25) is 0 Å². The lowest BCUT2D eigenvalue weighted by Crippen LogP contribution is -2.06. The van der Waals surface area contributed by atoms with E-state index >= 15 is 0 Å². The van der Waals surface area contributed by atoms with Crippen LogP contribution in [0.5, 0.6) is 0 Å². The third kappa shape index (κ3) is 4.04. The summed E-state index contributed by atoms with van der Waals surface area (Å²) in [7, 11) is 0. The van der Waals surface area contributed by atoms with Gasteiger partial charge in [0.1, 0.15) is 22.7 Å². The molecule has 4 rings (SSSR count). The van der Waals surface area contributed by atoms with Crippen LogP contribution in [0.4, 0.5) is 10.2 Å². The molecular weight excluding hydrogens is 429 g/mol. The molecule has 3 aromatic heterocycles. The number of aryl methyl sites for hydroxylation is 2. The molecule has 1 N–H and O–H groups in total. The van der Waals surface area contributed by atoms with Crippen molar-refractivity contribution < 1.29 is 8.81 Å². The second-order valence-corrected chi connectivity index (χ2v) is 8.40. The highest BCUT2D eigenvalue weighted by molar-refractivity contribution is 9.10. The lowest BCUT2D eigenvalue weighted by Gasteiger charge is -2.09. The van der Waals surface area contributed by atoms with E-state index in [1.807, 2.05) is 18.2 Å². The molecule has 0 unspecified atom stereocenters. The zero-order valence-electron chi connectivity index (χ0n) is 14.6. The summed E-state index contributed by atoms with van der Waals surface area (Å²) in [6, 6.07) is 9.13. The summed E-state index contributed by atoms with van der Waals surface area (Å²) in [5, 5.41) is 4.41. The van der Waals surface area contributed by atoms with Gasteiger partial charge in [-0.05, 0) is 49.6 Å². The number of nitrogens with one attached hydrogen (secondary N) is 1. The highest BCUT2D eigenvalue weighted by atomic mass is 79.9. The Balaban J connectivity index is 1.51. The molecule has 0 atom stereocenters. The first kappa shape index (κ1) is 18.1. The molecule has 0 amide bonds. The molecule has 0 saturated heterocycles. The normalized spacial score (nSPS) is 11.2. The van der Waals surface area contributed by atoms with Crippen LogP contribution in [0.3, 0.4) is 0 Å². The van der Waals surface area contributed by atoms with Gasteiger partial charge in [0.15, 0.2) is 5.82 Å². The van der Waals surface area contributed by atoms with Gasteiger partial charge in [-0.1, -0.05) is 22.0 Å². The van der Waals surface area contributed by atoms with E-state index in [1.54, 1.807) is 23.9 Å². The molecule has 0 aliphatic rings. The molecule has 4 nitrogen and oxygen atoms in total. The molecule has 3 heterocycles. The van der Waals surface area contributed by atoms with Crippen molar-refractivity contribution in [3.63, 3.8) is 0 Å². The van der Waals surface area contributed by atoms with Crippen LogP contribution in [0.25, 0.3) is 21.6 Å². The van der Waals surface area contributed by atoms with Gasteiger partial charge in [-0.3, -0.25) is 0 Å². The maximum atomic E-state index is 13.9. The van der Waals surface area contributed by atoms with Crippen LogP contribution >= 0.6 is 27.3 Å². The zero-order chi connectivity index (χ0) is 18.8.